The number of esters is 1. The van der Waals surface area contributed by atoms with E-state index in [1.165, 1.54) is 6.92 Å². The Morgan fingerprint density at radius 3 is 2.19 bits per heavy atom. The Labute approximate surface area is 307 Å². The number of rotatable bonds is 13. The summed E-state index contributed by atoms with van der Waals surface area (Å²) < 4.78 is 74.5. The van der Waals surface area contributed by atoms with Crippen molar-refractivity contribution in [1.29, 1.82) is 0 Å². The topological polar surface area (TPSA) is 236 Å². The van der Waals surface area contributed by atoms with Gasteiger partial charge in [0.2, 0.25) is 0 Å². The van der Waals surface area contributed by atoms with Crippen LogP contribution in [-0.2, 0) is 42.5 Å². The van der Waals surface area contributed by atoms with Crippen LogP contribution in [0.3, 0.4) is 0 Å². The normalized spacial score (nSPS) is 45.4. The minimum absolute atomic E-state index is 0.0257. The van der Waals surface area contributed by atoms with E-state index in [1.807, 2.05) is 0 Å². The van der Waals surface area contributed by atoms with E-state index in [-0.39, 0.29) is 53.5 Å². The fraction of sp³-hybridized carbons (Fsp3) is 0.971. The van der Waals surface area contributed by atoms with Crippen LogP contribution < -0.4 is 0 Å². The molecule has 17 heteroatoms. The van der Waals surface area contributed by atoms with Crippen molar-refractivity contribution in [2.24, 2.45) is 52.3 Å². The van der Waals surface area contributed by atoms with Gasteiger partial charge in [-0.3, -0.25) is 18.4 Å². The first-order chi connectivity index (χ1) is 24.1. The highest BCUT2D eigenvalue weighted by Gasteiger charge is 2.66. The van der Waals surface area contributed by atoms with E-state index >= 15 is 0 Å². The number of carbonyl (C=O) groups is 1. The molecule has 302 valence electrons. The summed E-state index contributed by atoms with van der Waals surface area (Å²) in [7, 11) is -9.90. The molecule has 4 saturated carbocycles. The van der Waals surface area contributed by atoms with E-state index in [2.05, 4.69) is 34.6 Å². The third-order valence-corrected chi connectivity index (χ3v) is 15.2. The maximum absolute atomic E-state index is 13.8. The Morgan fingerprint density at radius 1 is 0.904 bits per heavy atom. The molecular weight excluding hydrogens is 723 g/mol. The van der Waals surface area contributed by atoms with Crippen LogP contribution in [0, 0.1) is 52.3 Å². The van der Waals surface area contributed by atoms with Gasteiger partial charge in [0.05, 0.1) is 18.8 Å². The zero-order chi connectivity index (χ0) is 38.6. The number of carbonyl (C=O) groups excluding carboxylic acids is 1. The molecule has 0 aromatic carbocycles. The molecule has 0 amide bonds. The van der Waals surface area contributed by atoms with Crippen LogP contribution in [0.15, 0.2) is 0 Å². The molecule has 5 aliphatic rings. The van der Waals surface area contributed by atoms with Gasteiger partial charge < -0.3 is 34.8 Å². The molecule has 5 fully saturated rings. The maximum atomic E-state index is 13.8. The average Bonchev–Trinajstić information content (AvgIpc) is 3.32. The summed E-state index contributed by atoms with van der Waals surface area (Å²) in [6.07, 6.45) is -4.19. The summed E-state index contributed by atoms with van der Waals surface area (Å²) in [6, 6.07) is 0. The van der Waals surface area contributed by atoms with Crippen LogP contribution in [-0.4, -0.2) is 99.9 Å². The summed E-state index contributed by atoms with van der Waals surface area (Å²) in [6.45, 7) is 11.7. The lowest BCUT2D eigenvalue weighted by molar-refractivity contribution is -0.282. The first-order valence-corrected chi connectivity index (χ1v) is 21.8. The van der Waals surface area contributed by atoms with E-state index in [9.17, 15) is 47.6 Å². The van der Waals surface area contributed by atoms with Gasteiger partial charge in [-0.15, -0.1) is 0 Å². The third kappa shape index (κ3) is 8.78. The molecule has 17 atom stereocenters. The molecular formula is C35H61O15PS. The van der Waals surface area contributed by atoms with Crippen molar-refractivity contribution in [2.75, 3.05) is 6.61 Å². The van der Waals surface area contributed by atoms with Crippen molar-refractivity contribution < 1.29 is 70.4 Å². The van der Waals surface area contributed by atoms with E-state index in [1.54, 1.807) is 0 Å². The van der Waals surface area contributed by atoms with Gasteiger partial charge >= 0.3 is 24.2 Å². The van der Waals surface area contributed by atoms with Crippen LogP contribution in [0.1, 0.15) is 106 Å². The highest BCUT2D eigenvalue weighted by atomic mass is 32.3. The quantitative estimate of drug-likeness (QED) is 0.0887. The van der Waals surface area contributed by atoms with Gasteiger partial charge in [-0.2, -0.15) is 8.42 Å². The third-order valence-electron chi connectivity index (χ3n) is 13.7. The molecule has 0 spiro atoms. The van der Waals surface area contributed by atoms with Crippen molar-refractivity contribution in [2.45, 2.75) is 155 Å². The maximum Gasteiger partial charge on any atom is 0.474 e. The molecule has 1 heterocycles. The highest BCUT2D eigenvalue weighted by molar-refractivity contribution is 7.80. The molecule has 0 aromatic heterocycles. The highest BCUT2D eigenvalue weighted by Crippen LogP contribution is 2.70. The predicted molar refractivity (Wildman–Crippen MR) is 185 cm³/mol. The number of phosphoric ester groups is 1. The van der Waals surface area contributed by atoms with Crippen molar-refractivity contribution in [3.8, 4) is 0 Å². The number of phosphoric acid groups is 1. The molecule has 4 aliphatic carbocycles. The van der Waals surface area contributed by atoms with Gasteiger partial charge in [-0.25, -0.2) is 8.75 Å². The molecule has 6 N–H and O–H groups in total. The molecule has 0 bridgehead atoms. The van der Waals surface area contributed by atoms with Crippen LogP contribution in [0.2, 0.25) is 0 Å². The van der Waals surface area contributed by atoms with Gasteiger partial charge in [0.15, 0.2) is 6.29 Å². The van der Waals surface area contributed by atoms with Crippen molar-refractivity contribution in [1.82, 2.24) is 0 Å². The number of fused-ring (bicyclic) bond motifs is 5. The Morgan fingerprint density at radius 2 is 1.58 bits per heavy atom. The van der Waals surface area contributed by atoms with Crippen LogP contribution >= 0.6 is 7.82 Å². The summed E-state index contributed by atoms with van der Waals surface area (Å²) in [4.78, 5) is 23.6. The second-order valence-electron chi connectivity index (χ2n) is 17.3. The lowest BCUT2D eigenvalue weighted by Gasteiger charge is -2.62. The second-order valence-corrected chi connectivity index (χ2v) is 19.7. The molecule has 52 heavy (non-hydrogen) atoms. The fourth-order valence-electron chi connectivity index (χ4n) is 11.5. The molecule has 1 saturated heterocycles. The summed E-state index contributed by atoms with van der Waals surface area (Å²) in [5, 5.41) is 40.5. The van der Waals surface area contributed by atoms with E-state index < -0.39 is 79.1 Å². The van der Waals surface area contributed by atoms with Gasteiger partial charge in [0.25, 0.3) is 0 Å². The van der Waals surface area contributed by atoms with Gasteiger partial charge in [-0.05, 0) is 91.3 Å². The zero-order valence-electron chi connectivity index (χ0n) is 31.2. The van der Waals surface area contributed by atoms with E-state index in [0.29, 0.717) is 31.6 Å². The monoisotopic (exact) mass is 784 g/mol. The van der Waals surface area contributed by atoms with Crippen molar-refractivity contribution >= 4 is 24.2 Å². The fourth-order valence-corrected chi connectivity index (χ4v) is 13.1. The van der Waals surface area contributed by atoms with Crippen LogP contribution in [0.25, 0.3) is 0 Å². The summed E-state index contributed by atoms with van der Waals surface area (Å²) in [5.41, 5.74) is -0.706. The van der Waals surface area contributed by atoms with E-state index in [4.69, 9.17) is 22.7 Å². The number of hydrogen-bond acceptors (Lipinski definition) is 13. The molecule has 0 radical (unpaired) electrons. The Bertz CT molecular complexity index is 1410. The lowest BCUT2D eigenvalue weighted by atomic mass is 9.43. The van der Waals surface area contributed by atoms with Gasteiger partial charge in [0, 0.05) is 12.8 Å². The molecule has 2 unspecified atom stereocenters. The average molecular weight is 785 g/mol. The number of hydrogen-bond donors (Lipinski definition) is 6. The largest absolute Gasteiger partial charge is 0.474 e. The van der Waals surface area contributed by atoms with Gasteiger partial charge in [0.1, 0.15) is 30.5 Å². The minimum atomic E-state index is -5.11. The minimum Gasteiger partial charge on any atom is -0.462 e. The van der Waals surface area contributed by atoms with Gasteiger partial charge in [-0.1, -0.05) is 53.9 Å². The Kier molecular flexibility index (Phi) is 13.1. The Balaban J connectivity index is 1.46. The SMILES string of the molecule is CC(=O)O[C@@H]1C[C@H]2[C@@H]3C[C@H](OP(=O)(O)O[C@@H]4O[C@H](CO)[C@@H](O)[C@H](O)[C@H]4O)C4C[C@@H](OS(=O)(=O)O)CC[C@]4(C)[C@H]3CC[C@]2(C)[C@H]1[C@H](C)CCCC(C)C. The second kappa shape index (κ2) is 16.0. The first kappa shape index (κ1) is 42.4. The lowest BCUT2D eigenvalue weighted by Crippen LogP contribution is -2.59. The smallest absolute Gasteiger partial charge is 0.462 e. The first-order valence-electron chi connectivity index (χ1n) is 18.9. The van der Waals surface area contributed by atoms with Crippen LogP contribution in [0.5, 0.6) is 0 Å². The number of aliphatic hydroxyl groups is 4. The van der Waals surface area contributed by atoms with Crippen molar-refractivity contribution in [3.05, 3.63) is 0 Å². The molecule has 1 aliphatic heterocycles. The van der Waals surface area contributed by atoms with Crippen molar-refractivity contribution in [3.63, 3.8) is 0 Å². The van der Waals surface area contributed by atoms with E-state index in [0.717, 1.165) is 32.1 Å². The molecule has 5 rings (SSSR count). The summed E-state index contributed by atoms with van der Waals surface area (Å²) in [5.74, 6) is 0.313. The predicted octanol–water partition coefficient (Wildman–Crippen LogP) is 3.75. The summed E-state index contributed by atoms with van der Waals surface area (Å²) >= 11 is 0. The molecule has 0 aromatic rings. The van der Waals surface area contributed by atoms with Crippen LogP contribution in [0.4, 0.5) is 0 Å². The standard InChI is InChI=1S/C35H61O15PS/c1-18(2)8-7-9-19(3)29-27(46-20(4)37)16-24-22-15-26(48-51(41,42)49-33-32(40)31(39)30(38)28(17-36)47-33)25-14-21(50-52(43,44)45)10-12-34(25,5)23(22)11-13-35(24,29)6/h18-19,21-33,36,38-40H,7-17H2,1-6H3,(H,41,42)(H,43,44,45)/t19-,21+,22-,23+,24+,25?,26+,27-,28-,29+,30-,31+,32-,33+,34-,35+/m1/s1. The molecule has 15 nitrogen and oxygen atoms in total. The Hall–Kier alpha value is -0.750. The zero-order valence-corrected chi connectivity index (χ0v) is 32.9. The number of aliphatic hydroxyl groups excluding tert-OH is 4. The number of ether oxygens (including phenoxy) is 2.